The van der Waals surface area contributed by atoms with Crippen molar-refractivity contribution in [2.75, 3.05) is 0 Å². The number of nitrogens with one attached hydrogen (secondary N) is 1. The van der Waals surface area contributed by atoms with Gasteiger partial charge in [0.15, 0.2) is 0 Å². The maximum Gasteiger partial charge on any atom is 0.0767 e. The summed E-state index contributed by atoms with van der Waals surface area (Å²) in [7, 11) is 0. The van der Waals surface area contributed by atoms with E-state index in [0.29, 0.717) is 12.1 Å². The summed E-state index contributed by atoms with van der Waals surface area (Å²) in [6.45, 7) is 9.12. The van der Waals surface area contributed by atoms with Crippen molar-refractivity contribution in [3.8, 4) is 0 Å². The van der Waals surface area contributed by atoms with E-state index in [1.54, 1.807) is 0 Å². The molecule has 18 heavy (non-hydrogen) atoms. The molecule has 1 atom stereocenters. The quantitative estimate of drug-likeness (QED) is 0.837. The standard InChI is InChI=1S/C15H21NS2/c1-11(15(2,3)4)16-14(12-7-5-9-17-12)13-8-6-10-18-13/h5-11,14,16H,1-4H3. The molecule has 2 aromatic rings. The molecule has 3 heteroatoms. The Morgan fingerprint density at radius 2 is 1.50 bits per heavy atom. The lowest BCUT2D eigenvalue weighted by molar-refractivity contribution is 0.275. The summed E-state index contributed by atoms with van der Waals surface area (Å²) in [5, 5.41) is 8.09. The van der Waals surface area contributed by atoms with Crippen LogP contribution < -0.4 is 5.32 Å². The Balaban J connectivity index is 2.22. The Morgan fingerprint density at radius 3 is 1.83 bits per heavy atom. The number of hydrogen-bond donors (Lipinski definition) is 1. The molecule has 0 aliphatic heterocycles. The molecule has 0 radical (unpaired) electrons. The summed E-state index contributed by atoms with van der Waals surface area (Å²) in [4.78, 5) is 2.79. The monoisotopic (exact) mass is 279 g/mol. The highest BCUT2D eigenvalue weighted by Crippen LogP contribution is 2.31. The zero-order chi connectivity index (χ0) is 13.2. The molecule has 2 aromatic heterocycles. The van der Waals surface area contributed by atoms with E-state index < -0.39 is 0 Å². The summed E-state index contributed by atoms with van der Waals surface area (Å²) in [5.41, 5.74) is 0.271. The van der Waals surface area contributed by atoms with Gasteiger partial charge in [0.1, 0.15) is 0 Å². The molecule has 1 unspecified atom stereocenters. The zero-order valence-corrected chi connectivity index (χ0v) is 13.1. The van der Waals surface area contributed by atoms with E-state index in [4.69, 9.17) is 0 Å². The van der Waals surface area contributed by atoms with Gasteiger partial charge in [-0.25, -0.2) is 0 Å². The van der Waals surface area contributed by atoms with Gasteiger partial charge < -0.3 is 5.32 Å². The second-order valence-electron chi connectivity index (χ2n) is 5.72. The van der Waals surface area contributed by atoms with Crippen LogP contribution in [0.25, 0.3) is 0 Å². The van der Waals surface area contributed by atoms with Crippen molar-refractivity contribution >= 4 is 22.7 Å². The van der Waals surface area contributed by atoms with Crippen molar-refractivity contribution in [1.29, 1.82) is 0 Å². The predicted octanol–water partition coefficient (Wildman–Crippen LogP) is 4.92. The molecule has 0 aromatic carbocycles. The molecule has 0 bridgehead atoms. The number of thiophene rings is 2. The van der Waals surface area contributed by atoms with E-state index in [9.17, 15) is 0 Å². The van der Waals surface area contributed by atoms with Crippen molar-refractivity contribution in [2.45, 2.75) is 39.8 Å². The number of hydrogen-bond acceptors (Lipinski definition) is 3. The Morgan fingerprint density at radius 1 is 1.00 bits per heavy atom. The largest absolute Gasteiger partial charge is 0.302 e. The van der Waals surface area contributed by atoms with Crippen LogP contribution in [0.2, 0.25) is 0 Å². The van der Waals surface area contributed by atoms with Gasteiger partial charge in [-0.15, -0.1) is 22.7 Å². The second-order valence-corrected chi connectivity index (χ2v) is 7.68. The molecule has 0 amide bonds. The highest BCUT2D eigenvalue weighted by Gasteiger charge is 2.25. The average molecular weight is 279 g/mol. The number of rotatable bonds is 4. The second kappa shape index (κ2) is 5.55. The molecule has 2 rings (SSSR count). The van der Waals surface area contributed by atoms with E-state index in [-0.39, 0.29) is 5.41 Å². The average Bonchev–Trinajstić information content (AvgIpc) is 2.97. The lowest BCUT2D eigenvalue weighted by Gasteiger charge is -2.31. The van der Waals surface area contributed by atoms with Gasteiger partial charge in [0.2, 0.25) is 0 Å². The fourth-order valence-electron chi connectivity index (χ4n) is 1.72. The molecule has 2 heterocycles. The van der Waals surface area contributed by atoms with Crippen molar-refractivity contribution in [1.82, 2.24) is 5.32 Å². The molecule has 1 nitrogen and oxygen atoms in total. The highest BCUT2D eigenvalue weighted by molar-refractivity contribution is 7.11. The van der Waals surface area contributed by atoms with Gasteiger partial charge in [0.05, 0.1) is 6.04 Å². The Kier molecular flexibility index (Phi) is 4.25. The smallest absolute Gasteiger partial charge is 0.0767 e. The lowest BCUT2D eigenvalue weighted by atomic mass is 9.87. The maximum absolute atomic E-state index is 3.78. The van der Waals surface area contributed by atoms with Gasteiger partial charge >= 0.3 is 0 Å². The third-order valence-electron chi connectivity index (χ3n) is 3.37. The normalized spacial score (nSPS) is 14.1. The Labute approximate surface area is 118 Å². The van der Waals surface area contributed by atoms with Crippen LogP contribution in [-0.2, 0) is 0 Å². The Hall–Kier alpha value is -0.640. The summed E-state index contributed by atoms with van der Waals surface area (Å²) in [5.74, 6) is 0. The van der Waals surface area contributed by atoms with Crippen molar-refractivity contribution < 1.29 is 0 Å². The van der Waals surface area contributed by atoms with Gasteiger partial charge in [0.25, 0.3) is 0 Å². The SMILES string of the molecule is CC(NC(c1cccs1)c1cccs1)C(C)(C)C. The first-order valence-electron chi connectivity index (χ1n) is 6.31. The maximum atomic E-state index is 3.78. The third-order valence-corrected chi connectivity index (χ3v) is 5.25. The molecule has 0 fully saturated rings. The van der Waals surface area contributed by atoms with Crippen LogP contribution in [0, 0.1) is 5.41 Å². The van der Waals surface area contributed by atoms with Crippen molar-refractivity contribution in [3.05, 3.63) is 44.8 Å². The van der Waals surface area contributed by atoms with Crippen LogP contribution >= 0.6 is 22.7 Å². The van der Waals surface area contributed by atoms with Gasteiger partial charge in [-0.05, 0) is 35.2 Å². The first kappa shape index (κ1) is 13.8. The van der Waals surface area contributed by atoms with Gasteiger partial charge in [-0.1, -0.05) is 32.9 Å². The van der Waals surface area contributed by atoms with E-state index in [2.05, 4.69) is 68.0 Å². The third kappa shape index (κ3) is 3.22. The molecule has 1 N–H and O–H groups in total. The summed E-state index contributed by atoms with van der Waals surface area (Å²) in [6.07, 6.45) is 0. The zero-order valence-electron chi connectivity index (χ0n) is 11.4. The molecule has 0 spiro atoms. The van der Waals surface area contributed by atoms with Crippen LogP contribution in [-0.4, -0.2) is 6.04 Å². The molecule has 0 saturated carbocycles. The first-order chi connectivity index (χ1) is 8.48. The van der Waals surface area contributed by atoms with Crippen molar-refractivity contribution in [2.24, 2.45) is 5.41 Å². The van der Waals surface area contributed by atoms with E-state index >= 15 is 0 Å². The van der Waals surface area contributed by atoms with Crippen molar-refractivity contribution in [3.63, 3.8) is 0 Å². The van der Waals surface area contributed by atoms with Gasteiger partial charge in [-0.3, -0.25) is 0 Å². The minimum absolute atomic E-state index is 0.271. The van der Waals surface area contributed by atoms with E-state index in [1.165, 1.54) is 9.75 Å². The van der Waals surface area contributed by atoms with Crippen LogP contribution in [0.15, 0.2) is 35.0 Å². The first-order valence-corrected chi connectivity index (χ1v) is 8.07. The summed E-state index contributed by atoms with van der Waals surface area (Å²) in [6, 6.07) is 9.49. The minimum Gasteiger partial charge on any atom is -0.302 e. The molecule has 0 aliphatic carbocycles. The van der Waals surface area contributed by atoms with Crippen LogP contribution in [0.4, 0.5) is 0 Å². The van der Waals surface area contributed by atoms with Crippen LogP contribution in [0.3, 0.4) is 0 Å². The van der Waals surface area contributed by atoms with Gasteiger partial charge in [-0.2, -0.15) is 0 Å². The highest BCUT2D eigenvalue weighted by atomic mass is 32.1. The van der Waals surface area contributed by atoms with E-state index in [1.807, 2.05) is 22.7 Å². The molecular weight excluding hydrogens is 258 g/mol. The van der Waals surface area contributed by atoms with Crippen LogP contribution in [0.5, 0.6) is 0 Å². The molecule has 98 valence electrons. The lowest BCUT2D eigenvalue weighted by Crippen LogP contribution is -2.39. The predicted molar refractivity (Wildman–Crippen MR) is 82.5 cm³/mol. The summed E-state index contributed by atoms with van der Waals surface area (Å²) < 4.78 is 0. The van der Waals surface area contributed by atoms with Crippen LogP contribution in [0.1, 0.15) is 43.5 Å². The van der Waals surface area contributed by atoms with E-state index in [0.717, 1.165) is 0 Å². The summed E-state index contributed by atoms with van der Waals surface area (Å²) >= 11 is 3.65. The molecule has 0 aliphatic rings. The fourth-order valence-corrected chi connectivity index (χ4v) is 3.40. The molecule has 0 saturated heterocycles. The van der Waals surface area contributed by atoms with Gasteiger partial charge in [0, 0.05) is 15.8 Å². The molecular formula is C15H21NS2. The minimum atomic E-state index is 0.271. The Bertz CT molecular complexity index is 417. The topological polar surface area (TPSA) is 12.0 Å². The fraction of sp³-hybridized carbons (Fsp3) is 0.467.